The second-order valence-corrected chi connectivity index (χ2v) is 11.6. The number of rotatable bonds is 5. The van der Waals surface area contributed by atoms with Crippen molar-refractivity contribution in [2.24, 2.45) is 46.3 Å². The van der Waals surface area contributed by atoms with Crippen LogP contribution in [0.2, 0.25) is 0 Å². The standard InChI is InChI=1S/C26H40N2O2/c1-25-10-8-18(16-30-3)14-19(25)4-5-20-21-6-7-23(26(21,2)11-9-22(20)25)24(29)15-28-13-12-27-17-28/h12-13,17-23H,4-11,14-16H2,1-3H3/t18-,19-,20-,21-,22-,23+,25-,26-/m0/s1. The molecule has 0 aromatic carbocycles. The first-order valence-corrected chi connectivity index (χ1v) is 12.4. The van der Waals surface area contributed by atoms with Gasteiger partial charge in [0.05, 0.1) is 12.9 Å². The normalized spacial score (nSPS) is 45.4. The van der Waals surface area contributed by atoms with Crippen molar-refractivity contribution in [1.29, 1.82) is 0 Å². The van der Waals surface area contributed by atoms with Gasteiger partial charge in [0.2, 0.25) is 0 Å². The summed E-state index contributed by atoms with van der Waals surface area (Å²) in [5, 5.41) is 0. The Kier molecular flexibility index (Phi) is 5.36. The van der Waals surface area contributed by atoms with Crippen molar-refractivity contribution in [3.63, 3.8) is 0 Å². The molecule has 4 fully saturated rings. The molecule has 5 rings (SSSR count). The maximum atomic E-state index is 13.3. The number of carbonyl (C=O) groups is 1. The molecule has 0 bridgehead atoms. The zero-order chi connectivity index (χ0) is 20.9. The van der Waals surface area contributed by atoms with E-state index >= 15 is 0 Å². The Bertz CT molecular complexity index is 761. The molecule has 0 radical (unpaired) electrons. The molecule has 4 nitrogen and oxygen atoms in total. The minimum atomic E-state index is 0.218. The predicted octanol–water partition coefficient (Wildman–Crippen LogP) is 5.37. The molecule has 1 heterocycles. The van der Waals surface area contributed by atoms with Gasteiger partial charge in [-0.3, -0.25) is 4.79 Å². The van der Waals surface area contributed by atoms with Crippen molar-refractivity contribution < 1.29 is 9.53 Å². The number of methoxy groups -OCH3 is 1. The Hall–Kier alpha value is -1.16. The molecule has 8 atom stereocenters. The topological polar surface area (TPSA) is 44.1 Å². The van der Waals surface area contributed by atoms with Crippen LogP contribution in [0.5, 0.6) is 0 Å². The minimum absolute atomic E-state index is 0.218. The lowest BCUT2D eigenvalue weighted by molar-refractivity contribution is -0.138. The summed E-state index contributed by atoms with van der Waals surface area (Å²) in [5.74, 6) is 4.82. The van der Waals surface area contributed by atoms with Gasteiger partial charge in [-0.1, -0.05) is 13.8 Å². The third kappa shape index (κ3) is 3.20. The summed E-state index contributed by atoms with van der Waals surface area (Å²) >= 11 is 0. The van der Waals surface area contributed by atoms with Crippen LogP contribution in [0.25, 0.3) is 0 Å². The summed E-state index contributed by atoms with van der Waals surface area (Å²) in [4.78, 5) is 17.4. The molecule has 30 heavy (non-hydrogen) atoms. The molecule has 0 saturated heterocycles. The monoisotopic (exact) mass is 412 g/mol. The maximum absolute atomic E-state index is 13.3. The van der Waals surface area contributed by atoms with E-state index in [4.69, 9.17) is 4.74 Å². The van der Waals surface area contributed by atoms with Gasteiger partial charge in [-0.05, 0) is 98.2 Å². The fourth-order valence-corrected chi connectivity index (χ4v) is 8.93. The van der Waals surface area contributed by atoms with Crippen LogP contribution < -0.4 is 0 Å². The molecule has 166 valence electrons. The van der Waals surface area contributed by atoms with Crippen molar-refractivity contribution in [3.8, 4) is 0 Å². The number of nitrogens with zero attached hydrogens (tertiary/aromatic N) is 2. The van der Waals surface area contributed by atoms with E-state index in [2.05, 4.69) is 18.8 Å². The van der Waals surface area contributed by atoms with E-state index in [1.807, 2.05) is 17.9 Å². The zero-order valence-electron chi connectivity index (χ0n) is 19.2. The van der Waals surface area contributed by atoms with Crippen LogP contribution in [0.15, 0.2) is 18.7 Å². The third-order valence-electron chi connectivity index (χ3n) is 10.5. The molecule has 0 aliphatic heterocycles. The van der Waals surface area contributed by atoms with Crippen LogP contribution >= 0.6 is 0 Å². The molecule has 4 heteroatoms. The van der Waals surface area contributed by atoms with E-state index in [0.717, 1.165) is 42.6 Å². The summed E-state index contributed by atoms with van der Waals surface area (Å²) in [7, 11) is 1.86. The molecule has 4 aliphatic rings. The van der Waals surface area contributed by atoms with Crippen LogP contribution in [0.4, 0.5) is 0 Å². The SMILES string of the molecule is COC[C@H]1CC[C@@]2(C)[C@@H](CC[C@@H]3[C@@H]2CC[C@]2(C)[C@@H](C(=O)Cn4ccnc4)CC[C@@H]32)C1. The molecule has 0 unspecified atom stereocenters. The lowest BCUT2D eigenvalue weighted by Gasteiger charge is -2.61. The van der Waals surface area contributed by atoms with E-state index in [-0.39, 0.29) is 11.3 Å². The van der Waals surface area contributed by atoms with Crippen molar-refractivity contribution in [3.05, 3.63) is 18.7 Å². The second-order valence-electron chi connectivity index (χ2n) is 11.6. The largest absolute Gasteiger partial charge is 0.384 e. The summed E-state index contributed by atoms with van der Waals surface area (Å²) in [6, 6.07) is 0. The second kappa shape index (κ2) is 7.76. The summed E-state index contributed by atoms with van der Waals surface area (Å²) in [5.41, 5.74) is 0.739. The van der Waals surface area contributed by atoms with Gasteiger partial charge in [-0.25, -0.2) is 4.98 Å². The highest BCUT2D eigenvalue weighted by atomic mass is 16.5. The molecule has 1 aromatic rings. The fourth-order valence-electron chi connectivity index (χ4n) is 8.93. The number of carbonyl (C=O) groups excluding carboxylic acids is 1. The maximum Gasteiger partial charge on any atom is 0.156 e. The number of ether oxygens (including phenoxy) is 1. The Labute approximate surface area is 182 Å². The number of imidazole rings is 1. The summed E-state index contributed by atoms with van der Waals surface area (Å²) in [6.07, 6.45) is 17.4. The fraction of sp³-hybridized carbons (Fsp3) is 0.846. The number of aromatic nitrogens is 2. The van der Waals surface area contributed by atoms with Crippen LogP contribution in [-0.2, 0) is 16.1 Å². The van der Waals surface area contributed by atoms with E-state index < -0.39 is 0 Å². The zero-order valence-corrected chi connectivity index (χ0v) is 19.2. The van der Waals surface area contributed by atoms with Gasteiger partial charge >= 0.3 is 0 Å². The highest BCUT2D eigenvalue weighted by Crippen LogP contribution is 2.67. The van der Waals surface area contributed by atoms with Crippen molar-refractivity contribution in [1.82, 2.24) is 9.55 Å². The van der Waals surface area contributed by atoms with Gasteiger partial charge < -0.3 is 9.30 Å². The van der Waals surface area contributed by atoms with E-state index in [1.54, 1.807) is 12.5 Å². The molecule has 0 amide bonds. The molecule has 1 aromatic heterocycles. The number of fused-ring (bicyclic) bond motifs is 5. The van der Waals surface area contributed by atoms with E-state index in [0.29, 0.717) is 17.7 Å². The van der Waals surface area contributed by atoms with Crippen molar-refractivity contribution >= 4 is 5.78 Å². The average molecular weight is 413 g/mol. The molecular weight excluding hydrogens is 372 g/mol. The molecule has 4 saturated carbocycles. The number of hydrogen-bond donors (Lipinski definition) is 0. The van der Waals surface area contributed by atoms with Crippen LogP contribution in [0, 0.1) is 46.3 Å². The Morgan fingerprint density at radius 2 is 1.87 bits per heavy atom. The molecule has 0 spiro atoms. The van der Waals surface area contributed by atoms with Crippen LogP contribution in [0.1, 0.15) is 71.6 Å². The number of hydrogen-bond acceptors (Lipinski definition) is 3. The van der Waals surface area contributed by atoms with Gasteiger partial charge in [0.25, 0.3) is 0 Å². The smallest absolute Gasteiger partial charge is 0.156 e. The predicted molar refractivity (Wildman–Crippen MR) is 118 cm³/mol. The third-order valence-corrected chi connectivity index (χ3v) is 10.5. The summed E-state index contributed by atoms with van der Waals surface area (Å²) < 4.78 is 7.46. The molecule has 4 aliphatic carbocycles. The number of ketones is 1. The highest BCUT2D eigenvalue weighted by Gasteiger charge is 2.61. The Morgan fingerprint density at radius 3 is 2.63 bits per heavy atom. The van der Waals surface area contributed by atoms with Gasteiger partial charge in [-0.2, -0.15) is 0 Å². The first-order chi connectivity index (χ1) is 14.5. The van der Waals surface area contributed by atoms with Crippen LogP contribution in [-0.4, -0.2) is 29.1 Å². The minimum Gasteiger partial charge on any atom is -0.384 e. The van der Waals surface area contributed by atoms with Crippen molar-refractivity contribution in [2.45, 2.75) is 78.2 Å². The van der Waals surface area contributed by atoms with Gasteiger partial charge in [0, 0.05) is 32.0 Å². The van der Waals surface area contributed by atoms with Gasteiger partial charge in [0.1, 0.15) is 0 Å². The summed E-state index contributed by atoms with van der Waals surface area (Å²) in [6.45, 7) is 6.56. The van der Waals surface area contributed by atoms with Crippen LogP contribution in [0.3, 0.4) is 0 Å². The molecular formula is C26H40N2O2. The lowest BCUT2D eigenvalue weighted by atomic mass is 9.44. The Balaban J connectivity index is 1.32. The van der Waals surface area contributed by atoms with Crippen molar-refractivity contribution in [2.75, 3.05) is 13.7 Å². The van der Waals surface area contributed by atoms with Gasteiger partial charge in [0.15, 0.2) is 5.78 Å². The first-order valence-electron chi connectivity index (χ1n) is 12.4. The lowest BCUT2D eigenvalue weighted by Crippen LogP contribution is -2.54. The molecule has 0 N–H and O–H groups in total. The van der Waals surface area contributed by atoms with E-state index in [9.17, 15) is 4.79 Å². The Morgan fingerprint density at radius 1 is 1.07 bits per heavy atom. The number of Topliss-reactive ketones (excluding diaryl/α,β-unsaturated/α-hetero) is 1. The van der Waals surface area contributed by atoms with Gasteiger partial charge in [-0.15, -0.1) is 0 Å². The van der Waals surface area contributed by atoms with E-state index in [1.165, 1.54) is 51.4 Å². The first kappa shape index (κ1) is 20.7. The highest BCUT2D eigenvalue weighted by molar-refractivity contribution is 5.82. The quantitative estimate of drug-likeness (QED) is 0.653. The average Bonchev–Trinajstić information content (AvgIpc) is 3.35.